The summed E-state index contributed by atoms with van der Waals surface area (Å²) in [6, 6.07) is 14.6. The maximum Gasteiger partial charge on any atom is 0.232 e. The quantitative estimate of drug-likeness (QED) is 0.712. The smallest absolute Gasteiger partial charge is 0.232 e. The van der Waals surface area contributed by atoms with Gasteiger partial charge in [-0.1, -0.05) is 25.1 Å². The molecule has 1 amide bonds. The van der Waals surface area contributed by atoms with Crippen molar-refractivity contribution in [1.29, 1.82) is 0 Å². The molecule has 0 saturated carbocycles. The number of ether oxygens (including phenoxy) is 1. The number of rotatable bonds is 9. The Labute approximate surface area is 161 Å². The van der Waals surface area contributed by atoms with Crippen LogP contribution < -0.4 is 14.4 Å². The van der Waals surface area contributed by atoms with E-state index in [9.17, 15) is 13.2 Å². The van der Waals surface area contributed by atoms with Gasteiger partial charge in [-0.15, -0.1) is 0 Å². The van der Waals surface area contributed by atoms with Crippen LogP contribution in [0.3, 0.4) is 0 Å². The lowest BCUT2D eigenvalue weighted by Gasteiger charge is -2.22. The van der Waals surface area contributed by atoms with Gasteiger partial charge in [0.25, 0.3) is 0 Å². The third kappa shape index (κ3) is 6.29. The largest absolute Gasteiger partial charge is 0.497 e. The first-order chi connectivity index (χ1) is 12.8. The second kappa shape index (κ2) is 9.41. The van der Waals surface area contributed by atoms with Gasteiger partial charge in [0.2, 0.25) is 15.9 Å². The van der Waals surface area contributed by atoms with Crippen LogP contribution in [-0.2, 0) is 21.2 Å². The molecule has 2 aromatic carbocycles. The van der Waals surface area contributed by atoms with Gasteiger partial charge in [-0.3, -0.25) is 9.10 Å². The minimum Gasteiger partial charge on any atom is -0.497 e. The molecule has 0 aliphatic rings. The molecule has 0 heterocycles. The van der Waals surface area contributed by atoms with Gasteiger partial charge in [0.1, 0.15) is 5.75 Å². The van der Waals surface area contributed by atoms with Crippen LogP contribution in [0.1, 0.15) is 25.3 Å². The van der Waals surface area contributed by atoms with Gasteiger partial charge in [-0.05, 0) is 42.7 Å². The summed E-state index contributed by atoms with van der Waals surface area (Å²) in [5.41, 5.74) is 2.47. The first-order valence-corrected chi connectivity index (χ1v) is 10.7. The fraction of sp³-hybridized carbons (Fsp3) is 0.350. The van der Waals surface area contributed by atoms with Crippen molar-refractivity contribution in [3.8, 4) is 5.75 Å². The Kier molecular flexibility index (Phi) is 7.24. The Morgan fingerprint density at radius 2 is 1.85 bits per heavy atom. The van der Waals surface area contributed by atoms with E-state index in [1.807, 2.05) is 24.3 Å². The maximum atomic E-state index is 12.1. The van der Waals surface area contributed by atoms with E-state index in [-0.39, 0.29) is 18.9 Å². The number of nitrogens with one attached hydrogen (secondary N) is 1. The zero-order valence-electron chi connectivity index (χ0n) is 15.9. The van der Waals surface area contributed by atoms with Crippen molar-refractivity contribution >= 4 is 27.3 Å². The van der Waals surface area contributed by atoms with Gasteiger partial charge in [-0.25, -0.2) is 8.42 Å². The lowest BCUT2D eigenvalue weighted by molar-refractivity contribution is -0.116. The Morgan fingerprint density at radius 1 is 1.15 bits per heavy atom. The zero-order chi connectivity index (χ0) is 19.9. The Balaban J connectivity index is 1.95. The van der Waals surface area contributed by atoms with Crippen molar-refractivity contribution in [3.05, 3.63) is 54.1 Å². The highest BCUT2D eigenvalue weighted by Gasteiger charge is 2.18. The third-order valence-corrected chi connectivity index (χ3v) is 5.35. The normalized spacial score (nSPS) is 11.1. The summed E-state index contributed by atoms with van der Waals surface area (Å²) in [5, 5.41) is 2.84. The van der Waals surface area contributed by atoms with Gasteiger partial charge < -0.3 is 10.1 Å². The lowest BCUT2D eigenvalue weighted by Crippen LogP contribution is -2.31. The summed E-state index contributed by atoms with van der Waals surface area (Å²) in [4.78, 5) is 12.1. The molecule has 146 valence electrons. The number of aryl methyl sites for hydroxylation is 1. The minimum atomic E-state index is -3.46. The minimum absolute atomic E-state index is 0.140. The predicted molar refractivity (Wildman–Crippen MR) is 109 cm³/mol. The number of hydrogen-bond donors (Lipinski definition) is 1. The first kappa shape index (κ1) is 20.8. The predicted octanol–water partition coefficient (Wildman–Crippen LogP) is 3.44. The van der Waals surface area contributed by atoms with Crippen LogP contribution in [0.15, 0.2) is 48.5 Å². The number of methoxy groups -OCH3 is 1. The molecule has 0 aliphatic carbocycles. The monoisotopic (exact) mass is 390 g/mol. The van der Waals surface area contributed by atoms with Gasteiger partial charge in [-0.2, -0.15) is 0 Å². The first-order valence-electron chi connectivity index (χ1n) is 8.84. The van der Waals surface area contributed by atoms with Crippen LogP contribution >= 0.6 is 0 Å². The average molecular weight is 391 g/mol. The molecule has 6 nitrogen and oxygen atoms in total. The summed E-state index contributed by atoms with van der Waals surface area (Å²) < 4.78 is 30.7. The van der Waals surface area contributed by atoms with Crippen LogP contribution in [0.2, 0.25) is 0 Å². The van der Waals surface area contributed by atoms with Gasteiger partial charge in [0, 0.05) is 24.7 Å². The number of carbonyl (C=O) groups is 1. The van der Waals surface area contributed by atoms with E-state index in [1.165, 1.54) is 17.0 Å². The van der Waals surface area contributed by atoms with Gasteiger partial charge in [0.15, 0.2) is 0 Å². The van der Waals surface area contributed by atoms with Crippen LogP contribution in [0.4, 0.5) is 11.4 Å². The number of anilines is 2. The number of sulfonamides is 1. The molecule has 0 unspecified atom stereocenters. The molecule has 0 aliphatic heterocycles. The van der Waals surface area contributed by atoms with Gasteiger partial charge in [0.05, 0.1) is 19.1 Å². The summed E-state index contributed by atoms with van der Waals surface area (Å²) in [7, 11) is -1.93. The highest BCUT2D eigenvalue weighted by molar-refractivity contribution is 7.92. The number of nitrogens with zero attached hydrogens (tertiary/aromatic N) is 1. The molecule has 2 rings (SSSR count). The fourth-order valence-electron chi connectivity index (χ4n) is 2.68. The van der Waals surface area contributed by atoms with E-state index in [2.05, 4.69) is 12.2 Å². The molecule has 2 aromatic rings. The number of amides is 1. The van der Waals surface area contributed by atoms with Crippen LogP contribution in [-0.4, -0.2) is 34.2 Å². The molecule has 0 spiro atoms. The van der Waals surface area contributed by atoms with E-state index < -0.39 is 10.0 Å². The number of hydrogen-bond acceptors (Lipinski definition) is 4. The van der Waals surface area contributed by atoms with Crippen molar-refractivity contribution in [2.24, 2.45) is 0 Å². The topological polar surface area (TPSA) is 75.7 Å². The molecule has 0 bridgehead atoms. The summed E-state index contributed by atoms with van der Waals surface area (Å²) in [6.45, 7) is 2.29. The summed E-state index contributed by atoms with van der Waals surface area (Å²) >= 11 is 0. The molecule has 0 saturated heterocycles. The summed E-state index contributed by atoms with van der Waals surface area (Å²) in [6.07, 6.45) is 2.73. The molecule has 0 fully saturated rings. The van der Waals surface area contributed by atoms with Crippen LogP contribution in [0.5, 0.6) is 5.75 Å². The van der Waals surface area contributed by atoms with Crippen LogP contribution in [0.25, 0.3) is 0 Å². The van der Waals surface area contributed by atoms with Crippen molar-refractivity contribution in [2.75, 3.05) is 29.5 Å². The molecule has 0 radical (unpaired) electrons. The number of carbonyl (C=O) groups excluding carboxylic acids is 1. The van der Waals surface area contributed by atoms with Crippen molar-refractivity contribution in [2.45, 2.75) is 26.2 Å². The molecule has 1 N–H and O–H groups in total. The van der Waals surface area contributed by atoms with Gasteiger partial charge >= 0.3 is 0 Å². The lowest BCUT2D eigenvalue weighted by atomic mass is 10.1. The molecule has 0 aromatic heterocycles. The molecular weight excluding hydrogens is 364 g/mol. The second-order valence-electron chi connectivity index (χ2n) is 6.24. The highest BCUT2D eigenvalue weighted by atomic mass is 32.2. The van der Waals surface area contributed by atoms with Crippen LogP contribution in [0, 0.1) is 0 Å². The Bertz CT molecular complexity index is 864. The highest BCUT2D eigenvalue weighted by Crippen LogP contribution is 2.23. The second-order valence-corrected chi connectivity index (χ2v) is 8.15. The zero-order valence-corrected chi connectivity index (χ0v) is 16.8. The molecule has 27 heavy (non-hydrogen) atoms. The Morgan fingerprint density at radius 3 is 2.44 bits per heavy atom. The van der Waals surface area contributed by atoms with Crippen molar-refractivity contribution in [1.82, 2.24) is 0 Å². The summed E-state index contributed by atoms with van der Waals surface area (Å²) in [5.74, 6) is 0.438. The van der Waals surface area contributed by atoms with E-state index in [0.29, 0.717) is 17.9 Å². The van der Waals surface area contributed by atoms with E-state index >= 15 is 0 Å². The van der Waals surface area contributed by atoms with Crippen molar-refractivity contribution in [3.63, 3.8) is 0 Å². The molecule has 0 atom stereocenters. The Hall–Kier alpha value is -2.54. The van der Waals surface area contributed by atoms with E-state index in [4.69, 9.17) is 4.74 Å². The van der Waals surface area contributed by atoms with Crippen molar-refractivity contribution < 1.29 is 17.9 Å². The SMILES string of the molecule is CCc1ccc(NC(=O)CCCN(c2cccc(OC)c2)S(C)(=O)=O)cc1. The average Bonchev–Trinajstić information content (AvgIpc) is 2.65. The van der Waals surface area contributed by atoms with E-state index in [1.54, 1.807) is 24.3 Å². The number of benzene rings is 2. The molecule has 7 heteroatoms. The standard InChI is InChI=1S/C20H26N2O4S/c1-4-16-10-12-17(13-11-16)21-20(23)9-6-14-22(27(3,24)25)18-7-5-8-19(15-18)26-2/h5,7-8,10-13,15H,4,6,9,14H2,1-3H3,(H,21,23). The third-order valence-electron chi connectivity index (χ3n) is 4.15. The maximum absolute atomic E-state index is 12.1. The fourth-order valence-corrected chi connectivity index (χ4v) is 3.64. The molecular formula is C20H26N2O4S. The van der Waals surface area contributed by atoms with E-state index in [0.717, 1.165) is 18.4 Å².